The quantitative estimate of drug-likeness (QED) is 0.625. The van der Waals surface area contributed by atoms with Crippen LogP contribution in [0.15, 0.2) is 42.7 Å². The van der Waals surface area contributed by atoms with Crippen LogP contribution in [0.3, 0.4) is 0 Å². The second kappa shape index (κ2) is 8.66. The summed E-state index contributed by atoms with van der Waals surface area (Å²) < 4.78 is 0. The van der Waals surface area contributed by atoms with E-state index in [9.17, 15) is 4.79 Å². The molecule has 168 valence electrons. The van der Waals surface area contributed by atoms with Crippen LogP contribution in [0, 0.1) is 6.92 Å². The number of carbonyl (C=O) groups is 1. The number of anilines is 1. The van der Waals surface area contributed by atoms with Crippen molar-refractivity contribution in [3.63, 3.8) is 0 Å². The molecular weight excluding hydrogens is 406 g/mol. The molecule has 1 aliphatic heterocycles. The average Bonchev–Trinajstić information content (AvgIpc) is 3.22. The van der Waals surface area contributed by atoms with E-state index in [1.807, 2.05) is 43.0 Å². The molecule has 1 aromatic carbocycles. The van der Waals surface area contributed by atoms with Gasteiger partial charge in [0, 0.05) is 23.7 Å². The summed E-state index contributed by atoms with van der Waals surface area (Å²) in [6, 6.07) is 9.17. The van der Waals surface area contributed by atoms with Crippen molar-refractivity contribution in [2.45, 2.75) is 46.1 Å². The van der Waals surface area contributed by atoms with Gasteiger partial charge in [-0.25, -0.2) is 15.0 Å². The lowest BCUT2D eigenvalue weighted by atomic mass is 9.95. The van der Waals surface area contributed by atoms with Crippen molar-refractivity contribution in [1.82, 2.24) is 29.9 Å². The van der Waals surface area contributed by atoms with Gasteiger partial charge in [-0.05, 0) is 26.0 Å². The SMILES string of the molecule is Cc1cc(N2CCN(C(=O)c3ccccc3-n3nccn3)[C@H](C)CO2)nc(C(C)(C)C)n1. The number of benzene rings is 1. The molecule has 0 bridgehead atoms. The maximum Gasteiger partial charge on any atom is 0.256 e. The minimum atomic E-state index is -0.174. The van der Waals surface area contributed by atoms with Gasteiger partial charge >= 0.3 is 0 Å². The fourth-order valence-electron chi connectivity index (χ4n) is 3.59. The van der Waals surface area contributed by atoms with Gasteiger partial charge in [0.2, 0.25) is 0 Å². The predicted octanol–water partition coefficient (Wildman–Crippen LogP) is 2.95. The van der Waals surface area contributed by atoms with Gasteiger partial charge in [0.05, 0.1) is 42.8 Å². The Labute approximate surface area is 188 Å². The van der Waals surface area contributed by atoms with E-state index in [1.165, 1.54) is 4.80 Å². The lowest BCUT2D eigenvalue weighted by Crippen LogP contribution is -2.41. The van der Waals surface area contributed by atoms with E-state index >= 15 is 0 Å². The number of aryl methyl sites for hydroxylation is 1. The molecule has 0 radical (unpaired) electrons. The third-order valence-electron chi connectivity index (χ3n) is 5.34. The van der Waals surface area contributed by atoms with Crippen molar-refractivity contribution in [1.29, 1.82) is 0 Å². The topological polar surface area (TPSA) is 89.3 Å². The minimum absolute atomic E-state index is 0.0786. The van der Waals surface area contributed by atoms with Crippen LogP contribution in [0.2, 0.25) is 0 Å². The van der Waals surface area contributed by atoms with E-state index in [4.69, 9.17) is 9.82 Å². The number of amides is 1. The van der Waals surface area contributed by atoms with Crippen LogP contribution in [-0.2, 0) is 10.3 Å². The Bertz CT molecular complexity index is 1090. The van der Waals surface area contributed by atoms with E-state index in [2.05, 4.69) is 36.0 Å². The zero-order chi connectivity index (χ0) is 22.9. The average molecular weight is 436 g/mol. The van der Waals surface area contributed by atoms with E-state index < -0.39 is 0 Å². The fourth-order valence-corrected chi connectivity index (χ4v) is 3.59. The van der Waals surface area contributed by atoms with Crippen molar-refractivity contribution in [3.05, 3.63) is 59.8 Å². The highest BCUT2D eigenvalue weighted by molar-refractivity contribution is 5.98. The first kappa shape index (κ1) is 21.9. The number of carbonyl (C=O) groups excluding carboxylic acids is 1. The summed E-state index contributed by atoms with van der Waals surface area (Å²) >= 11 is 0. The smallest absolute Gasteiger partial charge is 0.256 e. The number of hydroxylamine groups is 1. The maximum absolute atomic E-state index is 13.5. The summed E-state index contributed by atoms with van der Waals surface area (Å²) in [5.74, 6) is 1.40. The number of hydrogen-bond donors (Lipinski definition) is 0. The fraction of sp³-hybridized carbons (Fsp3) is 0.435. The van der Waals surface area contributed by atoms with Crippen LogP contribution in [-0.4, -0.2) is 61.5 Å². The molecule has 2 aromatic heterocycles. The Balaban J connectivity index is 1.58. The molecule has 0 spiro atoms. The number of rotatable bonds is 3. The summed E-state index contributed by atoms with van der Waals surface area (Å²) in [6.07, 6.45) is 3.19. The van der Waals surface area contributed by atoms with Crippen LogP contribution < -0.4 is 5.06 Å². The van der Waals surface area contributed by atoms with E-state index in [1.54, 1.807) is 23.5 Å². The van der Waals surface area contributed by atoms with Gasteiger partial charge < -0.3 is 4.90 Å². The number of aromatic nitrogens is 5. The Morgan fingerprint density at radius 2 is 1.81 bits per heavy atom. The third kappa shape index (κ3) is 4.47. The van der Waals surface area contributed by atoms with Crippen molar-refractivity contribution >= 4 is 11.7 Å². The molecule has 32 heavy (non-hydrogen) atoms. The first-order valence-electron chi connectivity index (χ1n) is 10.8. The number of hydrogen-bond acceptors (Lipinski definition) is 7. The van der Waals surface area contributed by atoms with Crippen LogP contribution in [0.1, 0.15) is 49.6 Å². The largest absolute Gasteiger partial charge is 0.332 e. The molecule has 1 amide bonds. The van der Waals surface area contributed by atoms with E-state index in [0.29, 0.717) is 36.8 Å². The lowest BCUT2D eigenvalue weighted by molar-refractivity contribution is 0.0599. The zero-order valence-electron chi connectivity index (χ0n) is 19.2. The number of nitrogens with zero attached hydrogens (tertiary/aromatic N) is 7. The number of para-hydroxylation sites is 1. The molecule has 0 aliphatic carbocycles. The Hall–Kier alpha value is -3.33. The highest BCUT2D eigenvalue weighted by Gasteiger charge is 2.29. The molecule has 0 N–H and O–H groups in total. The molecule has 1 atom stereocenters. The van der Waals surface area contributed by atoms with Gasteiger partial charge in [0.25, 0.3) is 5.91 Å². The van der Waals surface area contributed by atoms with Crippen LogP contribution >= 0.6 is 0 Å². The summed E-state index contributed by atoms with van der Waals surface area (Å²) in [7, 11) is 0. The summed E-state index contributed by atoms with van der Waals surface area (Å²) in [5.41, 5.74) is 1.91. The Morgan fingerprint density at radius 3 is 2.53 bits per heavy atom. The van der Waals surface area contributed by atoms with Gasteiger partial charge in [-0.15, -0.1) is 0 Å². The monoisotopic (exact) mass is 435 g/mol. The van der Waals surface area contributed by atoms with Gasteiger partial charge in [0.1, 0.15) is 5.82 Å². The van der Waals surface area contributed by atoms with Crippen molar-refractivity contribution < 1.29 is 9.63 Å². The minimum Gasteiger partial charge on any atom is -0.332 e. The van der Waals surface area contributed by atoms with Gasteiger partial charge in [0.15, 0.2) is 5.82 Å². The summed E-state index contributed by atoms with van der Waals surface area (Å²) in [4.78, 5) is 32.2. The molecule has 0 unspecified atom stereocenters. The highest BCUT2D eigenvalue weighted by Crippen LogP contribution is 2.24. The van der Waals surface area contributed by atoms with E-state index in [-0.39, 0.29) is 17.4 Å². The second-order valence-electron chi connectivity index (χ2n) is 9.02. The standard InChI is InChI=1S/C23H29N7O2/c1-16-14-20(27-22(26-16)23(3,4)5)29-13-12-28(17(2)15-32-29)21(31)18-8-6-7-9-19(18)30-24-10-11-25-30/h6-11,14,17H,12-13,15H2,1-5H3/t17-/m1/s1. The zero-order valence-corrected chi connectivity index (χ0v) is 19.2. The molecule has 1 aliphatic rings. The van der Waals surface area contributed by atoms with Crippen molar-refractivity contribution in [2.24, 2.45) is 0 Å². The van der Waals surface area contributed by atoms with Crippen LogP contribution in [0.4, 0.5) is 5.82 Å². The molecule has 9 heteroatoms. The maximum atomic E-state index is 13.5. The first-order chi connectivity index (χ1) is 15.2. The van der Waals surface area contributed by atoms with Gasteiger partial charge in [-0.1, -0.05) is 32.9 Å². The van der Waals surface area contributed by atoms with Gasteiger partial charge in [-0.2, -0.15) is 15.0 Å². The first-order valence-corrected chi connectivity index (χ1v) is 10.8. The normalized spacial score (nSPS) is 17.3. The summed E-state index contributed by atoms with van der Waals surface area (Å²) in [5, 5.41) is 10.1. The summed E-state index contributed by atoms with van der Waals surface area (Å²) in [6.45, 7) is 11.6. The van der Waals surface area contributed by atoms with E-state index in [0.717, 1.165) is 11.5 Å². The van der Waals surface area contributed by atoms with Crippen molar-refractivity contribution in [2.75, 3.05) is 24.8 Å². The predicted molar refractivity (Wildman–Crippen MR) is 121 cm³/mol. The van der Waals surface area contributed by atoms with Crippen LogP contribution in [0.5, 0.6) is 0 Å². The second-order valence-corrected chi connectivity index (χ2v) is 9.02. The molecule has 3 heterocycles. The lowest BCUT2D eigenvalue weighted by Gasteiger charge is -2.26. The molecule has 1 saturated heterocycles. The third-order valence-corrected chi connectivity index (χ3v) is 5.34. The molecular formula is C23H29N7O2. The highest BCUT2D eigenvalue weighted by atomic mass is 16.7. The molecule has 9 nitrogen and oxygen atoms in total. The Kier molecular flexibility index (Phi) is 5.92. The Morgan fingerprint density at radius 1 is 1.09 bits per heavy atom. The molecule has 3 aromatic rings. The van der Waals surface area contributed by atoms with Gasteiger partial charge in [-0.3, -0.25) is 9.63 Å². The molecule has 4 rings (SSSR count). The molecule has 1 fully saturated rings. The molecule has 0 saturated carbocycles. The van der Waals surface area contributed by atoms with Crippen LogP contribution in [0.25, 0.3) is 5.69 Å². The van der Waals surface area contributed by atoms with Crippen molar-refractivity contribution in [3.8, 4) is 5.69 Å².